The van der Waals surface area contributed by atoms with Crippen LogP contribution in [-0.4, -0.2) is 91.7 Å². The van der Waals surface area contributed by atoms with Crippen LogP contribution in [0, 0.1) is 0 Å². The van der Waals surface area contributed by atoms with Crippen LogP contribution in [0.15, 0.2) is 6.20 Å². The van der Waals surface area contributed by atoms with Gasteiger partial charge in [0.2, 0.25) is 11.9 Å². The highest BCUT2D eigenvalue weighted by Crippen LogP contribution is 2.52. The molecule has 2 aromatic heterocycles. The number of carbonyl (C=O) groups excluding carboxylic acids is 1. The number of hydrogen-bond donors (Lipinski definition) is 2. The molecule has 3 rings (SSSR count). The lowest BCUT2D eigenvalue weighted by Gasteiger charge is -2.42. The summed E-state index contributed by atoms with van der Waals surface area (Å²) in [5.74, 6) is -1.45. The lowest BCUT2D eigenvalue weighted by Crippen LogP contribution is -2.56. The Morgan fingerprint density at radius 2 is 1.82 bits per heavy atom. The monoisotopic (exact) mass is 480 g/mol. The summed E-state index contributed by atoms with van der Waals surface area (Å²) < 4.78 is 39.2. The number of amides is 1. The quantitative estimate of drug-likeness (QED) is 0.589. The fourth-order valence-corrected chi connectivity index (χ4v) is 4.82. The standard InChI is InChI=1S/C15H10B6ClF3N6OS/c1-26-7-5(13(23,24)25)4-27-11(29-7)30-8-6(22)28-9(33-8)12(14(16,17)18)2-3-31(10(12)32)15(19,20)21/h4H,2-3H2,1H3,(H2,26,27,29,30)/t12-/m1/s1. The van der Waals surface area contributed by atoms with Gasteiger partial charge in [-0.15, -0.1) is 5.11 Å². The second kappa shape index (κ2) is 8.48. The van der Waals surface area contributed by atoms with Crippen molar-refractivity contribution >= 4 is 92.7 Å². The van der Waals surface area contributed by atoms with Gasteiger partial charge in [0.05, 0.1) is 52.5 Å². The Kier molecular flexibility index (Phi) is 6.65. The first kappa shape index (κ1) is 25.9. The first-order valence-corrected chi connectivity index (χ1v) is 10.3. The molecule has 158 valence electrons. The Balaban J connectivity index is 2.01. The molecule has 12 radical (unpaired) electrons. The number of hydrogen-bond acceptors (Lipinski definition) is 7. The summed E-state index contributed by atoms with van der Waals surface area (Å²) >= 11 is 7.03. The molecular formula is C15H10B6ClF3N6OS. The molecule has 1 saturated heterocycles. The molecule has 1 aliphatic rings. The zero-order valence-electron chi connectivity index (χ0n) is 17.1. The first-order chi connectivity index (χ1) is 15.0. The summed E-state index contributed by atoms with van der Waals surface area (Å²) in [6.07, 6.45) is -4.10. The molecule has 1 amide bonds. The Hall–Kier alpha value is -1.75. The molecule has 0 saturated carbocycles. The van der Waals surface area contributed by atoms with E-state index in [4.69, 9.17) is 58.7 Å². The topological polar surface area (TPSA) is 83.0 Å². The van der Waals surface area contributed by atoms with Crippen LogP contribution in [0.25, 0.3) is 0 Å². The lowest BCUT2D eigenvalue weighted by atomic mass is 9.32. The fourth-order valence-electron chi connectivity index (χ4n) is 3.38. The summed E-state index contributed by atoms with van der Waals surface area (Å²) in [4.78, 5) is 25.8. The van der Waals surface area contributed by atoms with Gasteiger partial charge in [-0.25, -0.2) is 9.97 Å². The molecule has 3 heterocycles. The second-order valence-corrected chi connectivity index (χ2v) is 8.76. The van der Waals surface area contributed by atoms with Gasteiger partial charge in [0.15, 0.2) is 5.15 Å². The predicted octanol–water partition coefficient (Wildman–Crippen LogP) is 0.557. The number of likely N-dealkylation sites (tertiary alicyclic amines) is 1. The molecule has 33 heavy (non-hydrogen) atoms. The smallest absolute Gasteiger partial charge is 0.372 e. The highest BCUT2D eigenvalue weighted by atomic mass is 35.5. The molecule has 2 aromatic rings. The number of rotatable bonds is 6. The number of carbonyl (C=O) groups is 1. The van der Waals surface area contributed by atoms with Gasteiger partial charge in [0.25, 0.3) is 0 Å². The van der Waals surface area contributed by atoms with Crippen LogP contribution < -0.4 is 10.6 Å². The molecule has 1 atom stereocenters. The molecule has 0 aliphatic carbocycles. The molecule has 1 fully saturated rings. The van der Waals surface area contributed by atoms with Gasteiger partial charge in [-0.1, -0.05) is 28.2 Å². The van der Waals surface area contributed by atoms with Gasteiger partial charge < -0.3 is 15.5 Å². The summed E-state index contributed by atoms with van der Waals surface area (Å²) in [6.45, 7) is -0.0246. The second-order valence-electron chi connectivity index (χ2n) is 7.40. The van der Waals surface area contributed by atoms with E-state index in [1.807, 2.05) is 0 Å². The third kappa shape index (κ3) is 4.62. The van der Waals surface area contributed by atoms with E-state index < -0.39 is 39.2 Å². The van der Waals surface area contributed by atoms with Gasteiger partial charge in [0.1, 0.15) is 21.4 Å². The zero-order valence-corrected chi connectivity index (χ0v) is 18.6. The van der Waals surface area contributed by atoms with Crippen molar-refractivity contribution in [2.75, 3.05) is 24.2 Å². The minimum absolute atomic E-state index is 0.0139. The highest BCUT2D eigenvalue weighted by molar-refractivity contribution is 7.16. The third-order valence-electron chi connectivity index (χ3n) is 5.03. The molecule has 7 nitrogen and oxygen atoms in total. The van der Waals surface area contributed by atoms with Crippen LogP contribution in [0.4, 0.5) is 29.9 Å². The fraction of sp³-hybridized carbons (Fsp3) is 0.467. The Labute approximate surface area is 204 Å². The van der Waals surface area contributed by atoms with Crippen molar-refractivity contribution in [1.29, 1.82) is 0 Å². The summed E-state index contributed by atoms with van der Waals surface area (Å²) in [7, 11) is 36.1. The van der Waals surface area contributed by atoms with E-state index >= 15 is 0 Å². The van der Waals surface area contributed by atoms with E-state index in [9.17, 15) is 18.0 Å². The maximum atomic E-state index is 13.2. The number of aromatic nitrogens is 3. The Bertz CT molecular complexity index is 1080. The number of halogens is 4. The molecule has 0 bridgehead atoms. The SMILES string of the molecule is [B]C([B])([B])N1CC[C@](c2nc(Cl)c(Nc3ncc(C(F)(F)F)c(NC)n3)s2)(C([B])([B])[B])C1=O. The van der Waals surface area contributed by atoms with E-state index in [0.717, 1.165) is 16.2 Å². The largest absolute Gasteiger partial charge is 0.421 e. The molecule has 0 unspecified atom stereocenters. The van der Waals surface area contributed by atoms with E-state index in [1.54, 1.807) is 0 Å². The van der Waals surface area contributed by atoms with Crippen molar-refractivity contribution in [2.24, 2.45) is 0 Å². The van der Waals surface area contributed by atoms with Gasteiger partial charge in [-0.3, -0.25) is 4.79 Å². The maximum absolute atomic E-state index is 13.2. The average Bonchev–Trinajstić information content (AvgIpc) is 3.21. The number of alkyl halides is 3. The van der Waals surface area contributed by atoms with Crippen LogP contribution in [0.2, 0.25) is 10.3 Å². The number of nitrogens with one attached hydrogen (secondary N) is 2. The van der Waals surface area contributed by atoms with Crippen molar-refractivity contribution in [3.8, 4) is 0 Å². The Morgan fingerprint density at radius 3 is 2.30 bits per heavy atom. The van der Waals surface area contributed by atoms with Gasteiger partial charge in [-0.05, 0) is 6.42 Å². The lowest BCUT2D eigenvalue weighted by molar-refractivity contribution is -0.137. The van der Waals surface area contributed by atoms with Crippen LogP contribution in [0.5, 0.6) is 0 Å². The van der Waals surface area contributed by atoms with Crippen molar-refractivity contribution in [3.63, 3.8) is 0 Å². The molecule has 1 aliphatic heterocycles. The molecule has 0 aromatic carbocycles. The number of anilines is 3. The molecular weight excluding hydrogens is 470 g/mol. The van der Waals surface area contributed by atoms with E-state index in [2.05, 4.69) is 25.6 Å². The van der Waals surface area contributed by atoms with Crippen LogP contribution in [0.1, 0.15) is 17.0 Å². The summed E-state index contributed by atoms with van der Waals surface area (Å²) in [5.41, 5.74) is -2.85. The predicted molar refractivity (Wildman–Crippen MR) is 125 cm³/mol. The van der Waals surface area contributed by atoms with E-state index in [1.165, 1.54) is 7.05 Å². The zero-order chi connectivity index (χ0) is 25.0. The first-order valence-electron chi connectivity index (χ1n) is 9.13. The minimum Gasteiger partial charge on any atom is -0.372 e. The van der Waals surface area contributed by atoms with Crippen LogP contribution in [0.3, 0.4) is 0 Å². The third-order valence-corrected chi connectivity index (χ3v) is 6.55. The summed E-state index contributed by atoms with van der Waals surface area (Å²) in [6, 6.07) is 0. The molecule has 0 spiro atoms. The van der Waals surface area contributed by atoms with E-state index in [-0.39, 0.29) is 34.1 Å². The normalized spacial score (nSPS) is 19.7. The van der Waals surface area contributed by atoms with Gasteiger partial charge >= 0.3 is 6.18 Å². The van der Waals surface area contributed by atoms with Crippen LogP contribution in [-0.2, 0) is 16.4 Å². The van der Waals surface area contributed by atoms with Gasteiger partial charge in [-0.2, -0.15) is 18.2 Å². The summed E-state index contributed by atoms with van der Waals surface area (Å²) in [5, 5.41) is 0.851. The molecule has 18 heteroatoms. The van der Waals surface area contributed by atoms with Crippen molar-refractivity contribution in [2.45, 2.75) is 28.4 Å². The highest BCUT2D eigenvalue weighted by Gasteiger charge is 2.57. The average molecular weight is 480 g/mol. The Morgan fingerprint density at radius 1 is 1.18 bits per heavy atom. The number of nitrogens with zero attached hydrogens (tertiary/aromatic N) is 4. The van der Waals surface area contributed by atoms with Gasteiger partial charge in [0, 0.05) is 19.8 Å². The van der Waals surface area contributed by atoms with Crippen molar-refractivity contribution in [1.82, 2.24) is 19.9 Å². The maximum Gasteiger partial charge on any atom is 0.421 e. The minimum atomic E-state index is -4.66. The van der Waals surface area contributed by atoms with Crippen molar-refractivity contribution in [3.05, 3.63) is 21.9 Å². The molecule has 2 N–H and O–H groups in total. The van der Waals surface area contributed by atoms with E-state index in [0.29, 0.717) is 6.20 Å². The number of thiazole rings is 1. The van der Waals surface area contributed by atoms with Crippen LogP contribution >= 0.6 is 22.9 Å². The van der Waals surface area contributed by atoms with Crippen molar-refractivity contribution < 1.29 is 18.0 Å².